The lowest BCUT2D eigenvalue weighted by atomic mass is 10.1. The molecule has 1 aromatic rings. The molecule has 0 spiro atoms. The van der Waals surface area contributed by atoms with Crippen molar-refractivity contribution in [2.45, 2.75) is 50.2 Å². The molecule has 18 heavy (non-hydrogen) atoms. The summed E-state index contributed by atoms with van der Waals surface area (Å²) in [5.74, 6) is 1.74. The highest BCUT2D eigenvalue weighted by Crippen LogP contribution is 2.45. The average Bonchev–Trinajstić information content (AvgIpc) is 2.94. The van der Waals surface area contributed by atoms with Crippen molar-refractivity contribution in [1.29, 1.82) is 0 Å². The number of nitrogens with zero attached hydrogens (tertiary/aromatic N) is 2. The number of carboxylic acid groups (broad SMARTS) is 1. The van der Waals surface area contributed by atoms with E-state index in [9.17, 15) is 4.79 Å². The van der Waals surface area contributed by atoms with Gasteiger partial charge in [0.25, 0.3) is 0 Å². The van der Waals surface area contributed by atoms with Crippen LogP contribution >= 0.6 is 11.8 Å². The minimum Gasteiger partial charge on any atom is -0.481 e. The molecule has 100 valence electrons. The van der Waals surface area contributed by atoms with Gasteiger partial charge >= 0.3 is 5.97 Å². The van der Waals surface area contributed by atoms with Crippen LogP contribution in [0.4, 0.5) is 0 Å². The molecule has 1 aliphatic heterocycles. The molecule has 1 saturated heterocycles. The maximum Gasteiger partial charge on any atom is 0.303 e. The Hall–Kier alpha value is -1.04. The van der Waals surface area contributed by atoms with Gasteiger partial charge < -0.3 is 9.52 Å². The molecule has 2 heterocycles. The molecule has 1 fully saturated rings. The fraction of sp³-hybridized carbons (Fsp3) is 0.750. The third-order valence-electron chi connectivity index (χ3n) is 3.17. The minimum absolute atomic E-state index is 0.0215. The largest absolute Gasteiger partial charge is 0.481 e. The molecular weight excluding hydrogens is 252 g/mol. The summed E-state index contributed by atoms with van der Waals surface area (Å²) in [4.78, 5) is 10.4. The molecule has 0 amide bonds. The van der Waals surface area contributed by atoms with Crippen molar-refractivity contribution in [3.63, 3.8) is 0 Å². The number of unbranched alkanes of at least 4 members (excludes halogenated alkanes) is 1. The fourth-order valence-electron chi connectivity index (χ4n) is 2.07. The van der Waals surface area contributed by atoms with Crippen LogP contribution in [0, 0.1) is 0 Å². The lowest BCUT2D eigenvalue weighted by Gasteiger charge is -2.16. The fourth-order valence-corrected chi connectivity index (χ4v) is 3.30. The first-order chi connectivity index (χ1) is 8.60. The van der Waals surface area contributed by atoms with Crippen molar-refractivity contribution in [2.75, 3.05) is 5.75 Å². The topological polar surface area (TPSA) is 76.2 Å². The van der Waals surface area contributed by atoms with E-state index in [0.717, 1.165) is 24.5 Å². The molecule has 1 aliphatic rings. The van der Waals surface area contributed by atoms with Gasteiger partial charge in [-0.15, -0.1) is 22.0 Å². The Balaban J connectivity index is 1.84. The third kappa shape index (κ3) is 3.25. The van der Waals surface area contributed by atoms with E-state index in [4.69, 9.17) is 9.52 Å². The minimum atomic E-state index is -0.754. The van der Waals surface area contributed by atoms with Crippen LogP contribution in [0.5, 0.6) is 0 Å². The summed E-state index contributed by atoms with van der Waals surface area (Å²) >= 11 is 1.87. The van der Waals surface area contributed by atoms with Crippen molar-refractivity contribution in [2.24, 2.45) is 0 Å². The second-order valence-electron chi connectivity index (χ2n) is 4.78. The Bertz CT molecular complexity index is 413. The molecule has 0 radical (unpaired) electrons. The van der Waals surface area contributed by atoms with Gasteiger partial charge in [-0.1, -0.05) is 0 Å². The van der Waals surface area contributed by atoms with Crippen LogP contribution in [0.3, 0.4) is 0 Å². The first-order valence-electron chi connectivity index (χ1n) is 6.29. The number of hydrogen-bond acceptors (Lipinski definition) is 5. The molecule has 0 bridgehead atoms. The van der Waals surface area contributed by atoms with Crippen LogP contribution in [0.1, 0.15) is 50.8 Å². The number of carbonyl (C=O) groups is 1. The van der Waals surface area contributed by atoms with E-state index in [1.54, 1.807) is 0 Å². The van der Waals surface area contributed by atoms with E-state index in [2.05, 4.69) is 17.1 Å². The van der Waals surface area contributed by atoms with E-state index >= 15 is 0 Å². The molecule has 1 aromatic heterocycles. The van der Waals surface area contributed by atoms with Crippen LogP contribution in [0.2, 0.25) is 0 Å². The van der Waals surface area contributed by atoms with Gasteiger partial charge in [0.1, 0.15) is 0 Å². The summed E-state index contributed by atoms with van der Waals surface area (Å²) in [6, 6.07) is 0. The second kappa shape index (κ2) is 5.73. The highest BCUT2D eigenvalue weighted by molar-refractivity contribution is 8.00. The van der Waals surface area contributed by atoms with Crippen LogP contribution in [-0.4, -0.2) is 27.0 Å². The van der Waals surface area contributed by atoms with Gasteiger partial charge in [0.2, 0.25) is 11.8 Å². The predicted molar refractivity (Wildman–Crippen MR) is 68.5 cm³/mol. The van der Waals surface area contributed by atoms with Crippen molar-refractivity contribution in [1.82, 2.24) is 10.2 Å². The van der Waals surface area contributed by atoms with Gasteiger partial charge in [-0.3, -0.25) is 4.79 Å². The maximum atomic E-state index is 10.4. The molecule has 0 aliphatic carbocycles. The monoisotopic (exact) mass is 270 g/mol. The summed E-state index contributed by atoms with van der Waals surface area (Å²) in [6.45, 7) is 2.15. The molecule has 0 saturated carbocycles. The Morgan fingerprint density at radius 3 is 3.00 bits per heavy atom. The lowest BCUT2D eigenvalue weighted by molar-refractivity contribution is -0.137. The van der Waals surface area contributed by atoms with E-state index in [-0.39, 0.29) is 11.2 Å². The zero-order valence-electron chi connectivity index (χ0n) is 10.5. The van der Waals surface area contributed by atoms with Crippen LogP contribution in [-0.2, 0) is 16.0 Å². The summed E-state index contributed by atoms with van der Waals surface area (Å²) < 4.78 is 5.67. The van der Waals surface area contributed by atoms with Crippen molar-refractivity contribution >= 4 is 17.7 Å². The standard InChI is InChI=1S/C12H18N2O3S/c1-12(7-4-8-18-12)11-14-13-9(17-11)5-2-3-6-10(15)16/h2-8H2,1H3,(H,15,16). The molecule has 1 unspecified atom stereocenters. The maximum absolute atomic E-state index is 10.4. The zero-order valence-corrected chi connectivity index (χ0v) is 11.3. The Kier molecular flexibility index (Phi) is 4.27. The molecular formula is C12H18N2O3S. The predicted octanol–water partition coefficient (Wildman–Crippen LogP) is 2.61. The van der Waals surface area contributed by atoms with Crippen LogP contribution < -0.4 is 0 Å². The normalized spacial score (nSPS) is 23.4. The first kappa shape index (κ1) is 13.4. The highest BCUT2D eigenvalue weighted by atomic mass is 32.2. The summed E-state index contributed by atoms with van der Waals surface area (Å²) in [6.07, 6.45) is 4.57. The molecule has 1 N–H and O–H groups in total. The SMILES string of the molecule is CC1(c2nnc(CCCCC(=O)O)o2)CCCS1. The smallest absolute Gasteiger partial charge is 0.303 e. The highest BCUT2D eigenvalue weighted by Gasteiger charge is 2.36. The Morgan fingerprint density at radius 2 is 2.33 bits per heavy atom. The number of carboxylic acids is 1. The third-order valence-corrected chi connectivity index (χ3v) is 4.68. The van der Waals surface area contributed by atoms with Crippen molar-refractivity contribution in [3.8, 4) is 0 Å². The van der Waals surface area contributed by atoms with E-state index in [1.807, 2.05) is 11.8 Å². The average molecular weight is 270 g/mol. The molecule has 0 aromatic carbocycles. The number of aromatic nitrogens is 2. The first-order valence-corrected chi connectivity index (χ1v) is 7.27. The van der Waals surface area contributed by atoms with E-state index < -0.39 is 5.97 Å². The Labute approximate surface area is 110 Å². The summed E-state index contributed by atoms with van der Waals surface area (Å²) in [5, 5.41) is 16.7. The number of aliphatic carboxylic acids is 1. The number of rotatable bonds is 6. The van der Waals surface area contributed by atoms with Gasteiger partial charge in [0, 0.05) is 12.8 Å². The second-order valence-corrected chi connectivity index (χ2v) is 6.38. The lowest BCUT2D eigenvalue weighted by Crippen LogP contribution is -2.13. The van der Waals surface area contributed by atoms with Crippen LogP contribution in [0.15, 0.2) is 4.42 Å². The number of hydrogen-bond donors (Lipinski definition) is 1. The van der Waals surface area contributed by atoms with Gasteiger partial charge in [-0.2, -0.15) is 0 Å². The number of thioether (sulfide) groups is 1. The van der Waals surface area contributed by atoms with Crippen molar-refractivity contribution in [3.05, 3.63) is 11.8 Å². The van der Waals surface area contributed by atoms with Gasteiger partial charge in [-0.05, 0) is 38.4 Å². The molecule has 1 atom stereocenters. The van der Waals surface area contributed by atoms with Gasteiger partial charge in [0.05, 0.1) is 4.75 Å². The molecule has 6 heteroatoms. The molecule has 5 nitrogen and oxygen atoms in total. The zero-order chi connectivity index (χ0) is 13.0. The van der Waals surface area contributed by atoms with E-state index in [0.29, 0.717) is 18.7 Å². The van der Waals surface area contributed by atoms with Gasteiger partial charge in [-0.25, -0.2) is 0 Å². The summed E-state index contributed by atoms with van der Waals surface area (Å²) in [5.41, 5.74) is 0. The van der Waals surface area contributed by atoms with Crippen LogP contribution in [0.25, 0.3) is 0 Å². The van der Waals surface area contributed by atoms with Gasteiger partial charge in [0.15, 0.2) is 0 Å². The number of aryl methyl sites for hydroxylation is 1. The quantitative estimate of drug-likeness (QED) is 0.801. The summed E-state index contributed by atoms with van der Waals surface area (Å²) in [7, 11) is 0. The molecule has 2 rings (SSSR count). The Morgan fingerprint density at radius 1 is 1.50 bits per heavy atom. The van der Waals surface area contributed by atoms with Crippen molar-refractivity contribution < 1.29 is 14.3 Å². The van der Waals surface area contributed by atoms with E-state index in [1.165, 1.54) is 6.42 Å².